The van der Waals surface area contributed by atoms with Crippen LogP contribution in [0.1, 0.15) is 54.4 Å². The Morgan fingerprint density at radius 3 is 2.43 bits per heavy atom. The van der Waals surface area contributed by atoms with Crippen molar-refractivity contribution in [1.82, 2.24) is 4.90 Å². The second kappa shape index (κ2) is 5.60. The van der Waals surface area contributed by atoms with Crippen LogP contribution >= 0.6 is 0 Å². The lowest BCUT2D eigenvalue weighted by atomic mass is 9.51. The van der Waals surface area contributed by atoms with E-state index in [0.717, 1.165) is 12.7 Å². The Hall–Kier alpha value is -1.39. The fraction of sp³-hybridized carbons (Fsp3) is 0.833. The monoisotopic (exact) mass is 323 g/mol. The minimum atomic E-state index is -0.565. The normalized spacial score (nSPS) is 33.8. The molecule has 2 aliphatic rings. The fourth-order valence-corrected chi connectivity index (χ4v) is 4.53. The zero-order valence-electron chi connectivity index (χ0n) is 15.1. The first kappa shape index (κ1) is 18.0. The van der Waals surface area contributed by atoms with E-state index >= 15 is 0 Å². The van der Waals surface area contributed by atoms with Gasteiger partial charge in [-0.2, -0.15) is 0 Å². The molecule has 0 spiro atoms. The summed E-state index contributed by atoms with van der Waals surface area (Å²) in [7, 11) is 0. The number of amides is 1. The predicted octanol–water partition coefficient (Wildman–Crippen LogP) is 3.06. The van der Waals surface area contributed by atoms with Crippen LogP contribution in [0.5, 0.6) is 0 Å². The molecule has 0 N–H and O–H groups in total. The van der Waals surface area contributed by atoms with Gasteiger partial charge < -0.3 is 14.4 Å². The van der Waals surface area contributed by atoms with E-state index in [9.17, 15) is 14.4 Å². The number of Topliss-reactive ketones (excluding diaryl/α,β-unsaturated/α-hetero) is 1. The lowest BCUT2D eigenvalue weighted by molar-refractivity contribution is -0.154. The van der Waals surface area contributed by atoms with E-state index in [0.29, 0.717) is 19.5 Å². The Labute approximate surface area is 138 Å². The van der Waals surface area contributed by atoms with Crippen molar-refractivity contribution in [1.29, 1.82) is 0 Å². The lowest BCUT2D eigenvalue weighted by Gasteiger charge is -2.56. The van der Waals surface area contributed by atoms with Gasteiger partial charge >= 0.3 is 6.09 Å². The second-order valence-corrected chi connectivity index (χ2v) is 8.93. The molecule has 1 heterocycles. The molecule has 130 valence electrons. The topological polar surface area (TPSA) is 63.7 Å². The van der Waals surface area contributed by atoms with Gasteiger partial charge in [0.05, 0.1) is 5.92 Å². The summed E-state index contributed by atoms with van der Waals surface area (Å²) in [5.74, 6) is -0.345. The van der Waals surface area contributed by atoms with Gasteiger partial charge in [0.15, 0.2) is 0 Å². The van der Waals surface area contributed by atoms with Crippen LogP contribution in [0.25, 0.3) is 0 Å². The molecule has 1 aliphatic carbocycles. The van der Waals surface area contributed by atoms with Gasteiger partial charge in [-0.3, -0.25) is 4.79 Å². The van der Waals surface area contributed by atoms with Gasteiger partial charge in [0.1, 0.15) is 17.7 Å². The smallest absolute Gasteiger partial charge is 0.410 e. The van der Waals surface area contributed by atoms with Crippen LogP contribution in [0, 0.1) is 22.7 Å². The minimum absolute atomic E-state index is 0.0423. The fourth-order valence-electron chi connectivity index (χ4n) is 4.53. The Morgan fingerprint density at radius 2 is 1.91 bits per heavy atom. The van der Waals surface area contributed by atoms with Crippen LogP contribution in [0.4, 0.5) is 4.79 Å². The molecule has 1 saturated carbocycles. The van der Waals surface area contributed by atoms with Crippen LogP contribution in [0.2, 0.25) is 0 Å². The summed E-state index contributed by atoms with van der Waals surface area (Å²) in [4.78, 5) is 38.0. The second-order valence-electron chi connectivity index (χ2n) is 8.93. The summed E-state index contributed by atoms with van der Waals surface area (Å²) in [6.07, 6.45) is 1.75. The molecule has 5 nitrogen and oxygen atoms in total. The molecule has 1 saturated heterocycles. The number of aldehydes is 1. The van der Waals surface area contributed by atoms with Crippen molar-refractivity contribution in [3.63, 3.8) is 0 Å². The zero-order valence-corrected chi connectivity index (χ0v) is 15.1. The highest BCUT2D eigenvalue weighted by molar-refractivity contribution is 5.98. The van der Waals surface area contributed by atoms with Gasteiger partial charge in [0.25, 0.3) is 0 Å². The third-order valence-electron chi connectivity index (χ3n) is 5.43. The first-order chi connectivity index (χ1) is 10.4. The minimum Gasteiger partial charge on any atom is -0.444 e. The zero-order chi connectivity index (χ0) is 17.6. The molecular weight excluding hydrogens is 294 g/mol. The van der Waals surface area contributed by atoms with Crippen molar-refractivity contribution in [2.24, 2.45) is 22.7 Å². The number of nitrogens with zero attached hydrogens (tertiary/aromatic N) is 1. The standard InChI is InChI=1S/C18H29NO4/c1-16(2,3)23-15(22)19-8-7-13-17(4,5)14(21)12(10-20)9-18(13,6)11-19/h10,12-13H,7-9,11H2,1-6H3/t12?,13-,18+/m1/s1. The Kier molecular flexibility index (Phi) is 4.37. The molecule has 2 fully saturated rings. The molecule has 1 unspecified atom stereocenters. The summed E-state index contributed by atoms with van der Waals surface area (Å²) < 4.78 is 5.48. The van der Waals surface area contributed by atoms with Crippen LogP contribution in [0.15, 0.2) is 0 Å². The average molecular weight is 323 g/mol. The first-order valence-corrected chi connectivity index (χ1v) is 8.38. The van der Waals surface area contributed by atoms with Crippen molar-refractivity contribution >= 4 is 18.2 Å². The van der Waals surface area contributed by atoms with E-state index in [1.54, 1.807) is 4.90 Å². The molecule has 5 heteroatoms. The quantitative estimate of drug-likeness (QED) is 0.549. The summed E-state index contributed by atoms with van der Waals surface area (Å²) in [6.45, 7) is 12.7. The van der Waals surface area contributed by atoms with E-state index in [1.165, 1.54) is 0 Å². The van der Waals surface area contributed by atoms with E-state index in [4.69, 9.17) is 4.74 Å². The van der Waals surface area contributed by atoms with Gasteiger partial charge in [-0.1, -0.05) is 20.8 Å². The molecule has 0 aromatic rings. The lowest BCUT2D eigenvalue weighted by Crippen LogP contribution is -2.60. The molecule has 2 rings (SSSR count). The summed E-state index contributed by atoms with van der Waals surface area (Å²) in [5.41, 5.74) is -1.29. The third-order valence-corrected chi connectivity index (χ3v) is 5.43. The Morgan fingerprint density at radius 1 is 1.30 bits per heavy atom. The molecule has 0 aromatic carbocycles. The average Bonchev–Trinajstić information content (AvgIpc) is 2.40. The van der Waals surface area contributed by atoms with E-state index < -0.39 is 16.9 Å². The number of carbonyl (C=O) groups is 3. The third kappa shape index (κ3) is 3.29. The van der Waals surface area contributed by atoms with Crippen molar-refractivity contribution in [2.45, 2.75) is 60.0 Å². The highest BCUT2D eigenvalue weighted by atomic mass is 16.6. The van der Waals surface area contributed by atoms with Gasteiger partial charge in [-0.25, -0.2) is 4.79 Å². The highest BCUT2D eigenvalue weighted by Crippen LogP contribution is 2.54. The van der Waals surface area contributed by atoms with Crippen molar-refractivity contribution in [2.75, 3.05) is 13.1 Å². The molecular formula is C18H29NO4. The summed E-state index contributed by atoms with van der Waals surface area (Å²) in [5, 5.41) is 0. The van der Waals surface area contributed by atoms with Crippen LogP contribution in [-0.4, -0.2) is 41.8 Å². The molecule has 0 aromatic heterocycles. The maximum absolute atomic E-state index is 12.5. The van der Waals surface area contributed by atoms with Crippen LogP contribution in [0.3, 0.4) is 0 Å². The van der Waals surface area contributed by atoms with E-state index in [2.05, 4.69) is 6.92 Å². The van der Waals surface area contributed by atoms with Crippen molar-refractivity contribution in [3.05, 3.63) is 0 Å². The number of hydrogen-bond donors (Lipinski definition) is 0. The van der Waals surface area contributed by atoms with Crippen LogP contribution in [-0.2, 0) is 14.3 Å². The number of fused-ring (bicyclic) bond motifs is 1. The molecule has 1 aliphatic heterocycles. The summed E-state index contributed by atoms with van der Waals surface area (Å²) >= 11 is 0. The molecule has 0 bridgehead atoms. The maximum Gasteiger partial charge on any atom is 0.410 e. The Balaban J connectivity index is 2.22. The van der Waals surface area contributed by atoms with Gasteiger partial charge in [-0.05, 0) is 44.9 Å². The maximum atomic E-state index is 12.5. The predicted molar refractivity (Wildman–Crippen MR) is 87.0 cm³/mol. The summed E-state index contributed by atoms with van der Waals surface area (Å²) in [6, 6.07) is 0. The molecule has 0 radical (unpaired) electrons. The van der Waals surface area contributed by atoms with Gasteiger partial charge in [0, 0.05) is 18.5 Å². The number of ether oxygens (including phenoxy) is 1. The molecule has 1 amide bonds. The van der Waals surface area contributed by atoms with Gasteiger partial charge in [-0.15, -0.1) is 0 Å². The van der Waals surface area contributed by atoms with Crippen molar-refractivity contribution < 1.29 is 19.1 Å². The number of carbonyl (C=O) groups excluding carboxylic acids is 3. The SMILES string of the molecule is CC(C)(C)OC(=O)N1CC[C@@H]2C(C)(C)C(=O)C(C=O)C[C@@]2(C)C1. The largest absolute Gasteiger partial charge is 0.444 e. The highest BCUT2D eigenvalue weighted by Gasteiger charge is 2.57. The van der Waals surface area contributed by atoms with E-state index in [1.807, 2.05) is 34.6 Å². The number of ketones is 1. The Bertz CT molecular complexity index is 520. The molecule has 23 heavy (non-hydrogen) atoms. The first-order valence-electron chi connectivity index (χ1n) is 8.38. The van der Waals surface area contributed by atoms with E-state index in [-0.39, 0.29) is 23.2 Å². The molecule has 3 atom stereocenters. The van der Waals surface area contributed by atoms with Crippen LogP contribution < -0.4 is 0 Å². The van der Waals surface area contributed by atoms with Gasteiger partial charge in [0.2, 0.25) is 0 Å². The van der Waals surface area contributed by atoms with Crippen molar-refractivity contribution in [3.8, 4) is 0 Å². The number of likely N-dealkylation sites (tertiary alicyclic amines) is 1. The number of hydrogen-bond acceptors (Lipinski definition) is 4. The number of rotatable bonds is 1. The number of piperidine rings is 1.